The van der Waals surface area contributed by atoms with Gasteiger partial charge in [-0.2, -0.15) is 0 Å². The second-order valence-corrected chi connectivity index (χ2v) is 5.82. The molecule has 0 unspecified atom stereocenters. The molecule has 0 saturated carbocycles. The first-order valence-corrected chi connectivity index (χ1v) is 8.44. The minimum atomic E-state index is -0.235. The fourth-order valence-corrected chi connectivity index (χ4v) is 2.85. The molecule has 1 amide bonds. The predicted molar refractivity (Wildman–Crippen MR) is 94.5 cm³/mol. The summed E-state index contributed by atoms with van der Waals surface area (Å²) >= 11 is 0. The normalized spacial score (nSPS) is 17.4. The van der Waals surface area contributed by atoms with Crippen LogP contribution in [0.4, 0.5) is 0 Å². The van der Waals surface area contributed by atoms with Crippen LogP contribution in [0, 0.1) is 5.92 Å². The zero-order valence-corrected chi connectivity index (χ0v) is 15.0. The third kappa shape index (κ3) is 4.98. The summed E-state index contributed by atoms with van der Waals surface area (Å²) in [5.41, 5.74) is 0.788. The van der Waals surface area contributed by atoms with Crippen molar-refractivity contribution in [1.82, 2.24) is 4.90 Å². The van der Waals surface area contributed by atoms with Gasteiger partial charge in [0.2, 0.25) is 5.91 Å². The van der Waals surface area contributed by atoms with Gasteiger partial charge in [0.25, 0.3) is 0 Å². The van der Waals surface area contributed by atoms with Crippen LogP contribution in [0.1, 0.15) is 25.3 Å². The largest absolute Gasteiger partial charge is 0.497 e. The molecule has 0 spiro atoms. The monoisotopic (exact) mass is 347 g/mol. The highest BCUT2D eigenvalue weighted by atomic mass is 16.5. The van der Waals surface area contributed by atoms with E-state index in [1.54, 1.807) is 38.2 Å². The van der Waals surface area contributed by atoms with Gasteiger partial charge in [0.15, 0.2) is 0 Å². The summed E-state index contributed by atoms with van der Waals surface area (Å²) in [5, 5.41) is 0. The van der Waals surface area contributed by atoms with Gasteiger partial charge < -0.3 is 19.1 Å². The zero-order chi connectivity index (χ0) is 18.2. The van der Waals surface area contributed by atoms with Crippen LogP contribution >= 0.6 is 0 Å². The van der Waals surface area contributed by atoms with Crippen LogP contribution in [-0.4, -0.2) is 50.7 Å². The van der Waals surface area contributed by atoms with Crippen molar-refractivity contribution in [3.63, 3.8) is 0 Å². The standard InChI is InChI=1S/C19H25NO5/c1-4-25-19(22)15-6-5-11-20(13-15)18(21)10-8-14-7-9-16(23-2)12-17(14)24-3/h7-10,12,15H,4-6,11,13H2,1-3H3/b10-8+/t15-/m1/s1. The average Bonchev–Trinajstić information content (AvgIpc) is 2.66. The van der Waals surface area contributed by atoms with Crippen molar-refractivity contribution >= 4 is 18.0 Å². The molecule has 25 heavy (non-hydrogen) atoms. The van der Waals surface area contributed by atoms with Crippen LogP contribution in [0.25, 0.3) is 6.08 Å². The van der Waals surface area contributed by atoms with E-state index in [0.29, 0.717) is 31.2 Å². The second kappa shape index (κ2) is 9.11. The SMILES string of the molecule is CCOC(=O)[C@@H]1CCCN(C(=O)/C=C/c2ccc(OC)cc2OC)C1. The number of likely N-dealkylation sites (tertiary alicyclic amines) is 1. The van der Waals surface area contributed by atoms with E-state index < -0.39 is 0 Å². The third-order valence-electron chi connectivity index (χ3n) is 4.20. The van der Waals surface area contributed by atoms with Gasteiger partial charge >= 0.3 is 5.97 Å². The van der Waals surface area contributed by atoms with Crippen LogP contribution in [0.15, 0.2) is 24.3 Å². The van der Waals surface area contributed by atoms with Crippen molar-refractivity contribution in [3.8, 4) is 11.5 Å². The van der Waals surface area contributed by atoms with Crippen molar-refractivity contribution in [2.75, 3.05) is 33.9 Å². The molecule has 1 aromatic carbocycles. The number of benzene rings is 1. The van der Waals surface area contributed by atoms with Crippen LogP contribution in [0.2, 0.25) is 0 Å². The first kappa shape index (κ1) is 18.8. The minimum Gasteiger partial charge on any atom is -0.497 e. The molecule has 0 bridgehead atoms. The van der Waals surface area contributed by atoms with E-state index in [-0.39, 0.29) is 17.8 Å². The highest BCUT2D eigenvalue weighted by Crippen LogP contribution is 2.26. The van der Waals surface area contributed by atoms with Gasteiger partial charge in [-0.25, -0.2) is 0 Å². The predicted octanol–water partition coefficient (Wildman–Crippen LogP) is 2.52. The number of hydrogen-bond acceptors (Lipinski definition) is 5. The van der Waals surface area contributed by atoms with Crippen molar-refractivity contribution in [3.05, 3.63) is 29.8 Å². The Balaban J connectivity index is 2.03. The second-order valence-electron chi connectivity index (χ2n) is 5.82. The average molecular weight is 347 g/mol. The van der Waals surface area contributed by atoms with Crippen molar-refractivity contribution in [1.29, 1.82) is 0 Å². The summed E-state index contributed by atoms with van der Waals surface area (Å²) in [4.78, 5) is 26.0. The van der Waals surface area contributed by atoms with Gasteiger partial charge in [0, 0.05) is 30.8 Å². The third-order valence-corrected chi connectivity index (χ3v) is 4.20. The van der Waals surface area contributed by atoms with Crippen LogP contribution in [0.3, 0.4) is 0 Å². The molecule has 0 radical (unpaired) electrons. The molecule has 1 aromatic rings. The van der Waals surface area contributed by atoms with Gasteiger partial charge in [0.1, 0.15) is 11.5 Å². The highest BCUT2D eigenvalue weighted by molar-refractivity contribution is 5.92. The van der Waals surface area contributed by atoms with E-state index in [2.05, 4.69) is 0 Å². The number of methoxy groups -OCH3 is 2. The Labute approximate surface area is 148 Å². The molecule has 1 atom stereocenters. The lowest BCUT2D eigenvalue weighted by Gasteiger charge is -2.30. The number of nitrogens with zero attached hydrogens (tertiary/aromatic N) is 1. The molecule has 6 heteroatoms. The maximum absolute atomic E-state index is 12.4. The fraction of sp³-hybridized carbons (Fsp3) is 0.474. The Morgan fingerprint density at radius 1 is 1.28 bits per heavy atom. The number of hydrogen-bond donors (Lipinski definition) is 0. The molecule has 1 fully saturated rings. The smallest absolute Gasteiger partial charge is 0.310 e. The molecular formula is C19H25NO5. The number of piperidine rings is 1. The van der Waals surface area contributed by atoms with E-state index >= 15 is 0 Å². The lowest BCUT2D eigenvalue weighted by Crippen LogP contribution is -2.42. The summed E-state index contributed by atoms with van der Waals surface area (Å²) in [6, 6.07) is 5.41. The summed E-state index contributed by atoms with van der Waals surface area (Å²) in [6.07, 6.45) is 4.79. The van der Waals surface area contributed by atoms with Crippen LogP contribution in [0.5, 0.6) is 11.5 Å². The fourth-order valence-electron chi connectivity index (χ4n) is 2.85. The molecule has 1 aliphatic heterocycles. The van der Waals surface area contributed by atoms with Gasteiger partial charge in [0.05, 0.1) is 26.7 Å². The number of carbonyl (C=O) groups excluding carboxylic acids is 2. The number of carbonyl (C=O) groups is 2. The quantitative estimate of drug-likeness (QED) is 0.584. The maximum atomic E-state index is 12.4. The lowest BCUT2D eigenvalue weighted by molar-refractivity contribution is -0.150. The molecule has 0 N–H and O–H groups in total. The molecule has 1 aliphatic rings. The first-order valence-electron chi connectivity index (χ1n) is 8.44. The number of rotatable bonds is 6. The van der Waals surface area contributed by atoms with Gasteiger partial charge in [-0.1, -0.05) is 0 Å². The molecule has 6 nitrogen and oxygen atoms in total. The van der Waals surface area contributed by atoms with Crippen molar-refractivity contribution < 1.29 is 23.8 Å². The molecule has 1 saturated heterocycles. The van der Waals surface area contributed by atoms with Gasteiger partial charge in [-0.15, -0.1) is 0 Å². The summed E-state index contributed by atoms with van der Waals surface area (Å²) in [6.45, 7) is 3.20. The molecule has 0 aromatic heterocycles. The summed E-state index contributed by atoms with van der Waals surface area (Å²) in [5.74, 6) is 0.745. The number of esters is 1. The Hall–Kier alpha value is -2.50. The van der Waals surface area contributed by atoms with Gasteiger partial charge in [-0.3, -0.25) is 9.59 Å². The zero-order valence-electron chi connectivity index (χ0n) is 15.0. The summed E-state index contributed by atoms with van der Waals surface area (Å²) in [7, 11) is 3.16. The Morgan fingerprint density at radius 3 is 2.76 bits per heavy atom. The molecule has 0 aliphatic carbocycles. The Morgan fingerprint density at radius 2 is 2.08 bits per heavy atom. The molecule has 2 rings (SSSR count). The topological polar surface area (TPSA) is 65.1 Å². The Kier molecular flexibility index (Phi) is 6.86. The molecule has 1 heterocycles. The summed E-state index contributed by atoms with van der Waals surface area (Å²) < 4.78 is 15.6. The molecule has 136 valence electrons. The molecular weight excluding hydrogens is 322 g/mol. The van der Waals surface area contributed by atoms with E-state index in [1.165, 1.54) is 6.08 Å². The number of ether oxygens (including phenoxy) is 3. The minimum absolute atomic E-state index is 0.119. The van der Waals surface area contributed by atoms with Crippen LogP contribution < -0.4 is 9.47 Å². The highest BCUT2D eigenvalue weighted by Gasteiger charge is 2.28. The van der Waals surface area contributed by atoms with Crippen LogP contribution in [-0.2, 0) is 14.3 Å². The Bertz CT molecular complexity index is 641. The van der Waals surface area contributed by atoms with E-state index in [4.69, 9.17) is 14.2 Å². The van der Waals surface area contributed by atoms with E-state index in [9.17, 15) is 9.59 Å². The lowest BCUT2D eigenvalue weighted by atomic mass is 9.98. The van der Waals surface area contributed by atoms with E-state index in [1.807, 2.05) is 12.1 Å². The van der Waals surface area contributed by atoms with E-state index in [0.717, 1.165) is 18.4 Å². The number of amides is 1. The van der Waals surface area contributed by atoms with Crippen molar-refractivity contribution in [2.45, 2.75) is 19.8 Å². The first-order chi connectivity index (χ1) is 12.1. The maximum Gasteiger partial charge on any atom is 0.310 e. The van der Waals surface area contributed by atoms with Crippen molar-refractivity contribution in [2.24, 2.45) is 5.92 Å². The van der Waals surface area contributed by atoms with Gasteiger partial charge in [-0.05, 0) is 38.0 Å².